The number of hydrogen-bond donors (Lipinski definition) is 1. The SMILES string of the molecule is CCCCC(C)(C)[C@H](O)/C=C/[C@@H]1[C@H]2CC(=O)O[C@H]2C[C@H]1C. The van der Waals surface area contributed by atoms with E-state index in [9.17, 15) is 9.90 Å². The first-order chi connectivity index (χ1) is 9.85. The van der Waals surface area contributed by atoms with Gasteiger partial charge in [0, 0.05) is 5.92 Å². The molecule has 0 radical (unpaired) electrons. The molecule has 21 heavy (non-hydrogen) atoms. The summed E-state index contributed by atoms with van der Waals surface area (Å²) in [6.45, 7) is 8.65. The summed E-state index contributed by atoms with van der Waals surface area (Å²) in [7, 11) is 0. The predicted molar refractivity (Wildman–Crippen MR) is 83.7 cm³/mol. The summed E-state index contributed by atoms with van der Waals surface area (Å²) < 4.78 is 5.38. The molecular formula is C18H30O3. The van der Waals surface area contributed by atoms with Gasteiger partial charge in [-0.2, -0.15) is 0 Å². The van der Waals surface area contributed by atoms with Gasteiger partial charge in [-0.3, -0.25) is 4.79 Å². The third-order valence-corrected chi connectivity index (χ3v) is 5.41. The maximum absolute atomic E-state index is 11.4. The van der Waals surface area contributed by atoms with Crippen LogP contribution in [-0.4, -0.2) is 23.3 Å². The van der Waals surface area contributed by atoms with Crippen LogP contribution in [0, 0.1) is 23.2 Å². The lowest BCUT2D eigenvalue weighted by atomic mass is 9.80. The van der Waals surface area contributed by atoms with Crippen molar-refractivity contribution in [1.82, 2.24) is 0 Å². The highest BCUT2D eigenvalue weighted by atomic mass is 16.6. The van der Waals surface area contributed by atoms with Gasteiger partial charge < -0.3 is 9.84 Å². The minimum atomic E-state index is -0.423. The van der Waals surface area contributed by atoms with Crippen molar-refractivity contribution in [1.29, 1.82) is 0 Å². The second-order valence-electron chi connectivity index (χ2n) is 7.61. The highest BCUT2D eigenvalue weighted by Crippen LogP contribution is 2.45. The summed E-state index contributed by atoms with van der Waals surface area (Å²) in [6, 6.07) is 0. The Morgan fingerprint density at radius 2 is 2.19 bits per heavy atom. The van der Waals surface area contributed by atoms with Crippen molar-refractivity contribution in [2.45, 2.75) is 72.0 Å². The molecule has 3 heteroatoms. The number of carbonyl (C=O) groups is 1. The van der Waals surface area contributed by atoms with Crippen LogP contribution in [0.25, 0.3) is 0 Å². The Bertz CT molecular complexity index is 399. The quantitative estimate of drug-likeness (QED) is 0.600. The lowest BCUT2D eigenvalue weighted by molar-refractivity contribution is -0.141. The Morgan fingerprint density at radius 3 is 2.86 bits per heavy atom. The van der Waals surface area contributed by atoms with Crippen molar-refractivity contribution in [3.8, 4) is 0 Å². The number of aliphatic hydroxyl groups excluding tert-OH is 1. The van der Waals surface area contributed by atoms with Gasteiger partial charge in [-0.15, -0.1) is 0 Å². The molecule has 1 aliphatic heterocycles. The van der Waals surface area contributed by atoms with Crippen molar-refractivity contribution in [3.05, 3.63) is 12.2 Å². The summed E-state index contributed by atoms with van der Waals surface area (Å²) in [4.78, 5) is 11.4. The van der Waals surface area contributed by atoms with Crippen LogP contribution in [0.5, 0.6) is 0 Å². The smallest absolute Gasteiger partial charge is 0.306 e. The molecule has 0 spiro atoms. The molecule has 1 saturated carbocycles. The largest absolute Gasteiger partial charge is 0.462 e. The van der Waals surface area contributed by atoms with Crippen molar-refractivity contribution < 1.29 is 14.6 Å². The van der Waals surface area contributed by atoms with Crippen LogP contribution in [-0.2, 0) is 9.53 Å². The van der Waals surface area contributed by atoms with E-state index in [1.807, 2.05) is 6.08 Å². The van der Waals surface area contributed by atoms with Crippen LogP contribution in [0.15, 0.2) is 12.2 Å². The summed E-state index contributed by atoms with van der Waals surface area (Å²) in [5, 5.41) is 10.5. The molecular weight excluding hydrogens is 264 g/mol. The Hall–Kier alpha value is -0.830. The lowest BCUT2D eigenvalue weighted by Gasteiger charge is -2.29. The molecule has 2 rings (SSSR count). The first-order valence-electron chi connectivity index (χ1n) is 8.41. The number of ether oxygens (including phenoxy) is 1. The van der Waals surface area contributed by atoms with Gasteiger partial charge in [0.1, 0.15) is 6.10 Å². The summed E-state index contributed by atoms with van der Waals surface area (Å²) in [5.41, 5.74) is -0.0876. The van der Waals surface area contributed by atoms with Crippen LogP contribution >= 0.6 is 0 Å². The average molecular weight is 294 g/mol. The van der Waals surface area contributed by atoms with Crippen molar-refractivity contribution in [3.63, 3.8) is 0 Å². The number of rotatable bonds is 6. The Kier molecular flexibility index (Phi) is 5.13. The minimum absolute atomic E-state index is 0.0564. The fourth-order valence-electron chi connectivity index (χ4n) is 3.79. The lowest BCUT2D eigenvalue weighted by Crippen LogP contribution is -2.28. The maximum Gasteiger partial charge on any atom is 0.306 e. The molecule has 3 nitrogen and oxygen atoms in total. The number of hydrogen-bond acceptors (Lipinski definition) is 3. The van der Waals surface area contributed by atoms with Gasteiger partial charge >= 0.3 is 5.97 Å². The molecule has 0 aromatic rings. The number of aliphatic hydroxyl groups is 1. The zero-order valence-corrected chi connectivity index (χ0v) is 13.8. The van der Waals surface area contributed by atoms with Gasteiger partial charge in [-0.25, -0.2) is 0 Å². The number of fused-ring (bicyclic) bond motifs is 1. The van der Waals surface area contributed by atoms with Crippen molar-refractivity contribution in [2.75, 3.05) is 0 Å². The van der Waals surface area contributed by atoms with Gasteiger partial charge in [0.2, 0.25) is 0 Å². The monoisotopic (exact) mass is 294 g/mol. The standard InChI is InChI=1S/C18H30O3/c1-5-6-9-18(3,4)16(19)8-7-13-12(2)10-15-14(13)11-17(20)21-15/h7-8,12-16,19H,5-6,9-11H2,1-4H3/b8-7+/t12-,13+,14-,15+,16-/m1/s1. The first kappa shape index (κ1) is 16.5. The van der Waals surface area contributed by atoms with E-state index in [1.54, 1.807) is 0 Å². The fraction of sp³-hybridized carbons (Fsp3) is 0.833. The second-order valence-corrected chi connectivity index (χ2v) is 7.61. The van der Waals surface area contributed by atoms with Crippen molar-refractivity contribution >= 4 is 5.97 Å². The van der Waals surface area contributed by atoms with Gasteiger partial charge in [0.05, 0.1) is 12.5 Å². The van der Waals surface area contributed by atoms with Crippen LogP contribution in [0.2, 0.25) is 0 Å². The van der Waals surface area contributed by atoms with Crippen LogP contribution in [0.4, 0.5) is 0 Å². The van der Waals surface area contributed by atoms with E-state index in [-0.39, 0.29) is 17.5 Å². The molecule has 0 bridgehead atoms. The molecule has 0 unspecified atom stereocenters. The van der Waals surface area contributed by atoms with Gasteiger partial charge in [0.15, 0.2) is 0 Å². The minimum Gasteiger partial charge on any atom is -0.462 e. The van der Waals surface area contributed by atoms with Crippen molar-refractivity contribution in [2.24, 2.45) is 23.2 Å². The predicted octanol–water partition coefficient (Wildman–Crippen LogP) is 3.71. The van der Waals surface area contributed by atoms with Crippen LogP contribution < -0.4 is 0 Å². The van der Waals surface area contributed by atoms with E-state index in [0.717, 1.165) is 25.7 Å². The van der Waals surface area contributed by atoms with E-state index >= 15 is 0 Å². The second kappa shape index (κ2) is 6.51. The third-order valence-electron chi connectivity index (χ3n) is 5.41. The molecule has 1 N–H and O–H groups in total. The normalized spacial score (nSPS) is 34.2. The zero-order valence-electron chi connectivity index (χ0n) is 13.8. The zero-order chi connectivity index (χ0) is 15.6. The number of unbranched alkanes of at least 4 members (excludes halogenated alkanes) is 1. The summed E-state index contributed by atoms with van der Waals surface area (Å²) >= 11 is 0. The Morgan fingerprint density at radius 1 is 1.48 bits per heavy atom. The summed E-state index contributed by atoms with van der Waals surface area (Å²) in [6.07, 6.45) is 8.62. The number of allylic oxidation sites excluding steroid dienone is 1. The van der Waals surface area contributed by atoms with E-state index in [0.29, 0.717) is 24.2 Å². The Balaban J connectivity index is 1.98. The summed E-state index contributed by atoms with van der Waals surface area (Å²) in [5.74, 6) is 1.14. The highest BCUT2D eigenvalue weighted by molar-refractivity contribution is 5.72. The maximum atomic E-state index is 11.4. The molecule has 5 atom stereocenters. The highest BCUT2D eigenvalue weighted by Gasteiger charge is 2.47. The van der Waals surface area contributed by atoms with E-state index in [4.69, 9.17) is 4.74 Å². The van der Waals surface area contributed by atoms with Gasteiger partial charge in [-0.1, -0.05) is 52.7 Å². The molecule has 2 aliphatic rings. The van der Waals surface area contributed by atoms with Gasteiger partial charge in [0.25, 0.3) is 0 Å². The fourth-order valence-corrected chi connectivity index (χ4v) is 3.79. The van der Waals surface area contributed by atoms with E-state index in [2.05, 4.69) is 33.8 Å². The number of esters is 1. The molecule has 1 heterocycles. The third kappa shape index (κ3) is 3.68. The van der Waals surface area contributed by atoms with E-state index < -0.39 is 6.10 Å². The molecule has 0 aromatic carbocycles. The Labute approximate surface area is 128 Å². The topological polar surface area (TPSA) is 46.5 Å². The molecule has 1 aliphatic carbocycles. The van der Waals surface area contributed by atoms with Crippen LogP contribution in [0.3, 0.4) is 0 Å². The first-order valence-corrected chi connectivity index (χ1v) is 8.41. The van der Waals surface area contributed by atoms with E-state index in [1.165, 1.54) is 0 Å². The molecule has 0 amide bonds. The molecule has 120 valence electrons. The number of carbonyl (C=O) groups excluding carboxylic acids is 1. The van der Waals surface area contributed by atoms with Gasteiger partial charge in [-0.05, 0) is 30.1 Å². The van der Waals surface area contributed by atoms with Crippen LogP contribution in [0.1, 0.15) is 59.8 Å². The molecule has 1 saturated heterocycles. The molecule has 2 fully saturated rings. The average Bonchev–Trinajstić information content (AvgIpc) is 2.89. The molecule has 0 aromatic heterocycles.